The molecule has 0 aliphatic carbocycles. The Morgan fingerprint density at radius 3 is 2.75 bits per heavy atom. The Morgan fingerprint density at radius 1 is 1.35 bits per heavy atom. The number of nitrogens with two attached hydrogens (primary N) is 1. The zero-order chi connectivity index (χ0) is 14.7. The van der Waals surface area contributed by atoms with Crippen molar-refractivity contribution in [2.45, 2.75) is 13.5 Å². The Morgan fingerprint density at radius 2 is 2.10 bits per heavy atom. The molecular weight excluding hydrogens is 257 g/mol. The number of rotatable bonds is 3. The molecule has 0 saturated carbocycles. The predicted octanol–water partition coefficient (Wildman–Crippen LogP) is 2.38. The minimum absolute atomic E-state index is 0.232. The summed E-state index contributed by atoms with van der Waals surface area (Å²) in [5, 5.41) is 0. The highest BCUT2D eigenvalue weighted by Gasteiger charge is 2.14. The molecule has 0 aliphatic rings. The quantitative estimate of drug-likeness (QED) is 0.873. The number of halogens is 1. The summed E-state index contributed by atoms with van der Waals surface area (Å²) in [6.07, 6.45) is 0. The molecule has 1 amide bonds. The first kappa shape index (κ1) is 14.0. The number of carbonyl (C=O) groups is 1. The molecule has 20 heavy (non-hydrogen) atoms. The van der Waals surface area contributed by atoms with Crippen LogP contribution in [-0.4, -0.2) is 22.8 Å². The van der Waals surface area contributed by atoms with Crippen LogP contribution in [0.15, 0.2) is 36.4 Å². The van der Waals surface area contributed by atoms with Gasteiger partial charge in [0.2, 0.25) is 0 Å². The lowest BCUT2D eigenvalue weighted by Crippen LogP contribution is -2.26. The second-order valence-electron chi connectivity index (χ2n) is 4.70. The topological polar surface area (TPSA) is 59.2 Å². The molecule has 0 aliphatic heterocycles. The van der Waals surface area contributed by atoms with E-state index < -0.39 is 5.82 Å². The third-order valence-electron chi connectivity index (χ3n) is 2.86. The van der Waals surface area contributed by atoms with E-state index in [1.54, 1.807) is 7.05 Å². The first-order chi connectivity index (χ1) is 9.45. The summed E-state index contributed by atoms with van der Waals surface area (Å²) in [6, 6.07) is 9.44. The fraction of sp³-hybridized carbons (Fsp3) is 0.200. The summed E-state index contributed by atoms with van der Waals surface area (Å²) in [4.78, 5) is 18.0. The van der Waals surface area contributed by atoms with Gasteiger partial charge in [0.15, 0.2) is 0 Å². The van der Waals surface area contributed by atoms with Crippen molar-refractivity contribution in [2.75, 3.05) is 12.8 Å². The van der Waals surface area contributed by atoms with Crippen molar-refractivity contribution < 1.29 is 9.18 Å². The Labute approximate surface area is 117 Å². The van der Waals surface area contributed by atoms with Gasteiger partial charge in [-0.25, -0.2) is 4.39 Å². The van der Waals surface area contributed by atoms with Gasteiger partial charge in [0.05, 0.1) is 12.2 Å². The highest BCUT2D eigenvalue weighted by molar-refractivity contribution is 5.94. The average Bonchev–Trinajstić information content (AvgIpc) is 2.36. The van der Waals surface area contributed by atoms with Crippen LogP contribution in [0.1, 0.15) is 21.7 Å². The first-order valence-electron chi connectivity index (χ1n) is 6.20. The Bertz CT molecular complexity index is 623. The zero-order valence-corrected chi connectivity index (χ0v) is 11.4. The summed E-state index contributed by atoms with van der Waals surface area (Å²) in [5.74, 6) is -0.810. The molecule has 0 bridgehead atoms. The number of anilines is 1. The lowest BCUT2D eigenvalue weighted by Gasteiger charge is -2.17. The molecule has 4 nitrogen and oxygen atoms in total. The van der Waals surface area contributed by atoms with E-state index in [2.05, 4.69) is 4.98 Å². The van der Waals surface area contributed by atoms with Crippen LogP contribution in [0.2, 0.25) is 0 Å². The van der Waals surface area contributed by atoms with Crippen LogP contribution in [0.25, 0.3) is 0 Å². The van der Waals surface area contributed by atoms with Crippen LogP contribution in [0.4, 0.5) is 10.1 Å². The maximum atomic E-state index is 13.3. The number of aromatic nitrogens is 1. The molecule has 0 radical (unpaired) electrons. The van der Waals surface area contributed by atoms with E-state index in [0.717, 1.165) is 11.4 Å². The monoisotopic (exact) mass is 273 g/mol. The molecule has 0 saturated heterocycles. The molecule has 1 heterocycles. The molecule has 1 aromatic carbocycles. The maximum absolute atomic E-state index is 13.3. The maximum Gasteiger partial charge on any atom is 0.254 e. The number of carbonyl (C=O) groups excluding carboxylic acids is 1. The Kier molecular flexibility index (Phi) is 3.98. The van der Waals surface area contributed by atoms with Gasteiger partial charge < -0.3 is 10.6 Å². The predicted molar refractivity (Wildman–Crippen MR) is 75.6 cm³/mol. The first-order valence-corrected chi connectivity index (χ1v) is 6.20. The molecule has 2 aromatic rings. The smallest absolute Gasteiger partial charge is 0.254 e. The molecule has 2 rings (SSSR count). The fourth-order valence-electron chi connectivity index (χ4n) is 1.96. The number of nitrogen functional groups attached to an aromatic ring is 1. The van der Waals surface area contributed by atoms with Gasteiger partial charge in [0, 0.05) is 24.0 Å². The van der Waals surface area contributed by atoms with Gasteiger partial charge in [-0.3, -0.25) is 9.78 Å². The number of amides is 1. The SMILES string of the molecule is Cc1cccc(CN(C)C(=O)c2cc(N)cc(F)c2)n1. The van der Waals surface area contributed by atoms with Gasteiger partial charge >= 0.3 is 0 Å². The Hall–Kier alpha value is -2.43. The lowest BCUT2D eigenvalue weighted by molar-refractivity contribution is 0.0783. The number of nitrogens with zero attached hydrogens (tertiary/aromatic N) is 2. The molecule has 1 aromatic heterocycles. The fourth-order valence-corrected chi connectivity index (χ4v) is 1.96. The van der Waals surface area contributed by atoms with Crippen molar-refractivity contribution in [3.8, 4) is 0 Å². The van der Waals surface area contributed by atoms with Crippen LogP contribution in [0.5, 0.6) is 0 Å². The van der Waals surface area contributed by atoms with E-state index >= 15 is 0 Å². The normalized spacial score (nSPS) is 10.3. The Balaban J connectivity index is 2.16. The van der Waals surface area contributed by atoms with Gasteiger partial charge in [0.25, 0.3) is 5.91 Å². The summed E-state index contributed by atoms with van der Waals surface area (Å²) in [6.45, 7) is 2.25. The van der Waals surface area contributed by atoms with Crippen molar-refractivity contribution >= 4 is 11.6 Å². The van der Waals surface area contributed by atoms with Crippen LogP contribution < -0.4 is 5.73 Å². The number of hydrogen-bond donors (Lipinski definition) is 1. The van der Waals surface area contributed by atoms with E-state index in [4.69, 9.17) is 5.73 Å². The third-order valence-corrected chi connectivity index (χ3v) is 2.86. The zero-order valence-electron chi connectivity index (χ0n) is 11.4. The van der Waals surface area contributed by atoms with E-state index in [1.165, 1.54) is 23.1 Å². The van der Waals surface area contributed by atoms with E-state index in [9.17, 15) is 9.18 Å². The van der Waals surface area contributed by atoms with Crippen molar-refractivity contribution in [3.05, 3.63) is 59.2 Å². The number of hydrogen-bond acceptors (Lipinski definition) is 3. The number of pyridine rings is 1. The van der Waals surface area contributed by atoms with Crippen LogP contribution in [0, 0.1) is 12.7 Å². The summed E-state index contributed by atoms with van der Waals surface area (Å²) < 4.78 is 13.3. The molecule has 5 heteroatoms. The van der Waals surface area contributed by atoms with E-state index in [1.807, 2.05) is 25.1 Å². The van der Waals surface area contributed by atoms with E-state index in [-0.39, 0.29) is 17.2 Å². The summed E-state index contributed by atoms with van der Waals surface area (Å²) in [7, 11) is 1.65. The second-order valence-corrected chi connectivity index (χ2v) is 4.70. The van der Waals surface area contributed by atoms with Gasteiger partial charge in [-0.1, -0.05) is 6.07 Å². The largest absolute Gasteiger partial charge is 0.399 e. The van der Waals surface area contributed by atoms with Gasteiger partial charge in [-0.2, -0.15) is 0 Å². The van der Waals surface area contributed by atoms with Gasteiger partial charge in [-0.05, 0) is 37.3 Å². The average molecular weight is 273 g/mol. The minimum Gasteiger partial charge on any atom is -0.399 e. The highest BCUT2D eigenvalue weighted by atomic mass is 19.1. The molecule has 104 valence electrons. The number of aryl methyl sites for hydroxylation is 1. The molecule has 2 N–H and O–H groups in total. The molecule has 0 atom stereocenters. The van der Waals surface area contributed by atoms with E-state index in [0.29, 0.717) is 6.54 Å². The second kappa shape index (κ2) is 5.69. The molecule has 0 spiro atoms. The van der Waals surface area contributed by atoms with Gasteiger partial charge in [-0.15, -0.1) is 0 Å². The van der Waals surface area contributed by atoms with Crippen molar-refractivity contribution in [1.82, 2.24) is 9.88 Å². The van der Waals surface area contributed by atoms with Crippen LogP contribution in [-0.2, 0) is 6.54 Å². The van der Waals surface area contributed by atoms with Crippen molar-refractivity contribution in [1.29, 1.82) is 0 Å². The standard InChI is InChI=1S/C15H16FN3O/c1-10-4-3-5-14(18-10)9-19(2)15(20)11-6-12(16)8-13(17)7-11/h3-8H,9,17H2,1-2H3. The van der Waals surface area contributed by atoms with Crippen LogP contribution >= 0.6 is 0 Å². The van der Waals surface area contributed by atoms with Crippen LogP contribution in [0.3, 0.4) is 0 Å². The molecule has 0 fully saturated rings. The lowest BCUT2D eigenvalue weighted by atomic mass is 10.1. The number of benzene rings is 1. The minimum atomic E-state index is -0.518. The highest BCUT2D eigenvalue weighted by Crippen LogP contribution is 2.13. The summed E-state index contributed by atoms with van der Waals surface area (Å²) in [5.41, 5.74) is 7.68. The third kappa shape index (κ3) is 3.32. The molecular formula is C15H16FN3O. The van der Waals surface area contributed by atoms with Crippen molar-refractivity contribution in [3.63, 3.8) is 0 Å². The summed E-state index contributed by atoms with van der Waals surface area (Å²) >= 11 is 0. The molecule has 0 unspecified atom stereocenters. The van der Waals surface area contributed by atoms with Gasteiger partial charge in [0.1, 0.15) is 5.82 Å². The van der Waals surface area contributed by atoms with Crippen molar-refractivity contribution in [2.24, 2.45) is 0 Å².